The lowest BCUT2D eigenvalue weighted by Crippen LogP contribution is -2.51. The second-order valence-electron chi connectivity index (χ2n) is 4.10. The van der Waals surface area contributed by atoms with Crippen LogP contribution in [0.2, 0.25) is 10.0 Å². The smallest absolute Gasteiger partial charge is 0.357 e. The summed E-state index contributed by atoms with van der Waals surface area (Å²) in [7, 11) is 4.52. The van der Waals surface area contributed by atoms with Crippen LogP contribution >= 0.6 is 23.2 Å². The summed E-state index contributed by atoms with van der Waals surface area (Å²) >= 11 is 11.8. The SMILES string of the molecule is CC#CC(OC)(Oc1cc(Cl)cc(Cl)c1)C(=O)N(C)C. The van der Waals surface area contributed by atoms with Crippen molar-refractivity contribution in [1.82, 2.24) is 4.90 Å². The molecule has 0 aliphatic rings. The molecule has 0 aliphatic heterocycles. The number of nitrogens with zero attached hydrogens (tertiary/aromatic N) is 1. The third-order valence-electron chi connectivity index (χ3n) is 2.36. The second kappa shape index (κ2) is 6.85. The van der Waals surface area contributed by atoms with Crippen LogP contribution in [0.1, 0.15) is 6.92 Å². The maximum atomic E-state index is 12.3. The second-order valence-corrected chi connectivity index (χ2v) is 4.98. The van der Waals surface area contributed by atoms with Crippen LogP contribution in [-0.4, -0.2) is 37.8 Å². The number of benzene rings is 1. The first kappa shape index (κ1) is 16.6. The van der Waals surface area contributed by atoms with E-state index in [0.717, 1.165) is 0 Å². The highest BCUT2D eigenvalue weighted by Crippen LogP contribution is 2.28. The molecule has 1 unspecified atom stereocenters. The molecule has 0 N–H and O–H groups in total. The fraction of sp³-hybridized carbons (Fsp3) is 0.357. The Kier molecular flexibility index (Phi) is 5.70. The Morgan fingerprint density at radius 3 is 2.20 bits per heavy atom. The molecule has 108 valence electrons. The number of hydrogen-bond donors (Lipinski definition) is 0. The van der Waals surface area contributed by atoms with Crippen molar-refractivity contribution in [3.8, 4) is 17.6 Å². The van der Waals surface area contributed by atoms with Gasteiger partial charge in [-0.3, -0.25) is 4.79 Å². The average molecular weight is 316 g/mol. The van der Waals surface area contributed by atoms with Crippen LogP contribution < -0.4 is 4.74 Å². The Morgan fingerprint density at radius 2 is 1.80 bits per heavy atom. The Balaban J connectivity index is 3.24. The lowest BCUT2D eigenvalue weighted by Gasteiger charge is -2.29. The van der Waals surface area contributed by atoms with Gasteiger partial charge in [0, 0.05) is 31.3 Å². The Hall–Kier alpha value is -1.41. The lowest BCUT2D eigenvalue weighted by molar-refractivity contribution is -0.174. The van der Waals surface area contributed by atoms with Gasteiger partial charge in [0.25, 0.3) is 0 Å². The van der Waals surface area contributed by atoms with Crippen LogP contribution in [0.25, 0.3) is 0 Å². The van der Waals surface area contributed by atoms with Gasteiger partial charge in [-0.2, -0.15) is 0 Å². The third-order valence-corrected chi connectivity index (χ3v) is 2.80. The third kappa shape index (κ3) is 3.80. The zero-order chi connectivity index (χ0) is 15.3. The van der Waals surface area contributed by atoms with Crippen molar-refractivity contribution in [3.63, 3.8) is 0 Å². The van der Waals surface area contributed by atoms with Gasteiger partial charge in [-0.25, -0.2) is 0 Å². The number of carbonyl (C=O) groups is 1. The molecule has 1 amide bonds. The number of methoxy groups -OCH3 is 1. The van der Waals surface area contributed by atoms with Crippen molar-refractivity contribution in [1.29, 1.82) is 0 Å². The first-order chi connectivity index (χ1) is 9.34. The standard InChI is InChI=1S/C14H15Cl2NO3/c1-5-6-14(19-4,13(18)17(2)3)20-12-8-10(15)7-11(16)9-12/h7-9H,1-4H3. The average Bonchev–Trinajstić information content (AvgIpc) is 2.35. The topological polar surface area (TPSA) is 38.8 Å². The number of carbonyl (C=O) groups excluding carboxylic acids is 1. The molecular formula is C14H15Cl2NO3. The van der Waals surface area contributed by atoms with E-state index in [1.165, 1.54) is 24.1 Å². The van der Waals surface area contributed by atoms with E-state index in [-0.39, 0.29) is 0 Å². The summed E-state index contributed by atoms with van der Waals surface area (Å²) in [4.78, 5) is 13.6. The van der Waals surface area contributed by atoms with E-state index in [1.54, 1.807) is 27.1 Å². The number of amides is 1. The highest BCUT2D eigenvalue weighted by molar-refractivity contribution is 6.34. The number of halogens is 2. The van der Waals surface area contributed by atoms with E-state index in [4.69, 9.17) is 32.7 Å². The summed E-state index contributed by atoms with van der Waals surface area (Å²) in [5, 5.41) is 0.776. The highest BCUT2D eigenvalue weighted by atomic mass is 35.5. The minimum Gasteiger partial charge on any atom is -0.443 e. The molecule has 0 aromatic heterocycles. The molecule has 1 rings (SSSR count). The molecule has 1 aromatic rings. The Labute approximate surface area is 128 Å². The van der Waals surface area contributed by atoms with Gasteiger partial charge in [0.05, 0.1) is 0 Å². The molecule has 1 aromatic carbocycles. The van der Waals surface area contributed by atoms with Crippen LogP contribution in [0.15, 0.2) is 18.2 Å². The predicted molar refractivity (Wildman–Crippen MR) is 79.0 cm³/mol. The molecular weight excluding hydrogens is 301 g/mol. The summed E-state index contributed by atoms with van der Waals surface area (Å²) in [6.07, 6.45) is 0. The summed E-state index contributed by atoms with van der Waals surface area (Å²) in [5.74, 6) is 3.40. The molecule has 0 bridgehead atoms. The minimum atomic E-state index is -1.73. The summed E-state index contributed by atoms with van der Waals surface area (Å²) in [6, 6.07) is 4.62. The monoisotopic (exact) mass is 315 g/mol. The maximum absolute atomic E-state index is 12.3. The molecule has 0 saturated heterocycles. The first-order valence-electron chi connectivity index (χ1n) is 5.70. The molecule has 20 heavy (non-hydrogen) atoms. The number of rotatable bonds is 4. The molecule has 0 aliphatic carbocycles. The molecule has 0 heterocycles. The molecule has 0 spiro atoms. The van der Waals surface area contributed by atoms with E-state index in [1.807, 2.05) is 0 Å². The molecule has 6 heteroatoms. The summed E-state index contributed by atoms with van der Waals surface area (Å²) < 4.78 is 10.8. The van der Waals surface area contributed by atoms with Crippen molar-refractivity contribution in [2.24, 2.45) is 0 Å². The van der Waals surface area contributed by atoms with E-state index >= 15 is 0 Å². The molecule has 0 fully saturated rings. The number of hydrogen-bond acceptors (Lipinski definition) is 3. The van der Waals surface area contributed by atoms with Crippen molar-refractivity contribution in [2.45, 2.75) is 12.7 Å². The molecule has 0 saturated carbocycles. The summed E-state index contributed by atoms with van der Waals surface area (Å²) in [5.41, 5.74) is 0. The van der Waals surface area contributed by atoms with Crippen LogP contribution in [0, 0.1) is 11.8 Å². The van der Waals surface area contributed by atoms with Gasteiger partial charge in [0.15, 0.2) is 0 Å². The Morgan fingerprint density at radius 1 is 1.25 bits per heavy atom. The quantitative estimate of drug-likeness (QED) is 0.633. The van der Waals surface area contributed by atoms with Crippen LogP contribution in [0.3, 0.4) is 0 Å². The lowest BCUT2D eigenvalue weighted by atomic mass is 10.2. The fourth-order valence-electron chi connectivity index (χ4n) is 1.52. The van der Waals surface area contributed by atoms with E-state index < -0.39 is 11.7 Å². The predicted octanol–water partition coefficient (Wildman–Crippen LogP) is 2.83. The number of likely N-dealkylation sites (N-methyl/N-ethyl adjacent to an activating group) is 1. The van der Waals surface area contributed by atoms with Crippen molar-refractivity contribution in [3.05, 3.63) is 28.2 Å². The van der Waals surface area contributed by atoms with Gasteiger partial charge in [-0.05, 0) is 31.0 Å². The van der Waals surface area contributed by atoms with Crippen molar-refractivity contribution >= 4 is 29.1 Å². The highest BCUT2D eigenvalue weighted by Gasteiger charge is 2.41. The van der Waals surface area contributed by atoms with E-state index in [2.05, 4.69) is 11.8 Å². The molecule has 1 atom stereocenters. The molecule has 4 nitrogen and oxygen atoms in total. The van der Waals surface area contributed by atoms with E-state index in [0.29, 0.717) is 15.8 Å². The fourth-order valence-corrected chi connectivity index (χ4v) is 2.02. The summed E-state index contributed by atoms with van der Waals surface area (Å²) in [6.45, 7) is 1.59. The van der Waals surface area contributed by atoms with Crippen LogP contribution in [-0.2, 0) is 9.53 Å². The van der Waals surface area contributed by atoms with Crippen LogP contribution in [0.4, 0.5) is 0 Å². The maximum Gasteiger partial charge on any atom is 0.357 e. The van der Waals surface area contributed by atoms with Gasteiger partial charge in [-0.1, -0.05) is 29.1 Å². The minimum absolute atomic E-state index is 0.294. The van der Waals surface area contributed by atoms with Crippen molar-refractivity contribution in [2.75, 3.05) is 21.2 Å². The Bertz CT molecular complexity index is 543. The first-order valence-corrected chi connectivity index (χ1v) is 6.46. The largest absolute Gasteiger partial charge is 0.443 e. The van der Waals surface area contributed by atoms with Gasteiger partial charge >= 0.3 is 11.7 Å². The van der Waals surface area contributed by atoms with Crippen LogP contribution in [0.5, 0.6) is 5.75 Å². The van der Waals surface area contributed by atoms with E-state index in [9.17, 15) is 4.79 Å². The zero-order valence-corrected chi connectivity index (χ0v) is 13.2. The van der Waals surface area contributed by atoms with Gasteiger partial charge < -0.3 is 14.4 Å². The number of ether oxygens (including phenoxy) is 2. The van der Waals surface area contributed by atoms with Gasteiger partial charge in [0.2, 0.25) is 0 Å². The van der Waals surface area contributed by atoms with Crippen molar-refractivity contribution < 1.29 is 14.3 Å². The van der Waals surface area contributed by atoms with Gasteiger partial charge in [0.1, 0.15) is 5.75 Å². The molecule has 0 radical (unpaired) electrons. The van der Waals surface area contributed by atoms with Gasteiger partial charge in [-0.15, -0.1) is 0 Å². The normalized spacial score (nSPS) is 12.9. The zero-order valence-electron chi connectivity index (χ0n) is 11.7.